The van der Waals surface area contributed by atoms with Crippen molar-refractivity contribution in [3.8, 4) is 0 Å². The molecule has 1 aliphatic rings. The zero-order valence-corrected chi connectivity index (χ0v) is 4.92. The van der Waals surface area contributed by atoms with E-state index in [0.29, 0.717) is 0 Å². The molecule has 1 N–H and O–H groups in total. The van der Waals surface area contributed by atoms with Gasteiger partial charge >= 0.3 is 0 Å². The highest BCUT2D eigenvalue weighted by atomic mass is 16.7. The summed E-state index contributed by atoms with van der Waals surface area (Å²) in [5.74, 6) is 0.721. The number of carbonyl (C=O) groups excluding carboxylic acids is 1. The molecule has 0 aliphatic carbocycles. The van der Waals surface area contributed by atoms with Crippen molar-refractivity contribution in [3.05, 3.63) is 11.8 Å². The fourth-order valence-corrected chi connectivity index (χ4v) is 0.564. The van der Waals surface area contributed by atoms with Crippen LogP contribution in [0, 0.1) is 0 Å². The van der Waals surface area contributed by atoms with Crippen LogP contribution < -0.4 is 5.48 Å². The van der Waals surface area contributed by atoms with Crippen LogP contribution in [0.5, 0.6) is 0 Å². The van der Waals surface area contributed by atoms with E-state index in [2.05, 4.69) is 10.5 Å². The summed E-state index contributed by atoms with van der Waals surface area (Å²) in [6.45, 7) is 1.77. The molecule has 1 heterocycles. The molecule has 0 aromatic heterocycles. The lowest BCUT2D eigenvalue weighted by atomic mass is 10.4. The lowest BCUT2D eigenvalue weighted by Gasteiger charge is -1.96. The van der Waals surface area contributed by atoms with Gasteiger partial charge in [-0.05, 0) is 13.0 Å². The monoisotopic (exact) mass is 126 g/mol. The maximum Gasteiger partial charge on any atom is 0.237 e. The average Bonchev–Trinajstić information content (AvgIpc) is 2.17. The van der Waals surface area contributed by atoms with Crippen LogP contribution in [-0.2, 0) is 9.63 Å². The Hall–Kier alpha value is -1.12. The third-order valence-corrected chi connectivity index (χ3v) is 0.925. The maximum atomic E-state index is 9.65. The number of hydrogen-bond acceptors (Lipinski definition) is 4. The Labute approximate surface area is 52.2 Å². The minimum Gasteiger partial charge on any atom is -0.411 e. The van der Waals surface area contributed by atoms with E-state index in [9.17, 15) is 4.79 Å². The molecule has 0 amide bonds. The summed E-state index contributed by atoms with van der Waals surface area (Å²) in [7, 11) is 0. The van der Waals surface area contributed by atoms with E-state index >= 15 is 0 Å². The van der Waals surface area contributed by atoms with Crippen molar-refractivity contribution in [1.82, 2.24) is 5.48 Å². The second-order valence-corrected chi connectivity index (χ2v) is 1.66. The van der Waals surface area contributed by atoms with E-state index in [1.807, 2.05) is 0 Å². The van der Waals surface area contributed by atoms with Crippen molar-refractivity contribution in [2.45, 2.75) is 13.1 Å². The van der Waals surface area contributed by atoms with Crippen LogP contribution in [0.25, 0.3) is 0 Å². The average molecular weight is 126 g/mol. The van der Waals surface area contributed by atoms with Gasteiger partial charge in [0.15, 0.2) is 6.17 Å². The SMILES string of the molecule is CC1=CC(N=C=O)NO1. The minimum atomic E-state index is -0.345. The predicted octanol–water partition coefficient (Wildman–Crippen LogP) is 0.0869. The van der Waals surface area contributed by atoms with Crippen molar-refractivity contribution >= 4 is 6.08 Å². The van der Waals surface area contributed by atoms with Gasteiger partial charge in [0.2, 0.25) is 6.08 Å². The first-order chi connectivity index (χ1) is 4.33. The van der Waals surface area contributed by atoms with Crippen molar-refractivity contribution in [1.29, 1.82) is 0 Å². The molecule has 0 aromatic carbocycles. The second-order valence-electron chi connectivity index (χ2n) is 1.66. The van der Waals surface area contributed by atoms with Gasteiger partial charge in [-0.1, -0.05) is 0 Å². The number of isocyanates is 1. The number of hydroxylamine groups is 1. The van der Waals surface area contributed by atoms with E-state index in [1.54, 1.807) is 13.0 Å². The van der Waals surface area contributed by atoms with E-state index in [0.717, 1.165) is 5.76 Å². The topological polar surface area (TPSA) is 50.7 Å². The molecule has 0 bridgehead atoms. The molecule has 0 radical (unpaired) electrons. The summed E-state index contributed by atoms with van der Waals surface area (Å²) in [5.41, 5.74) is 2.49. The third kappa shape index (κ3) is 1.38. The zero-order chi connectivity index (χ0) is 6.69. The number of hydrogen-bond donors (Lipinski definition) is 1. The Morgan fingerprint density at radius 3 is 3.22 bits per heavy atom. The van der Waals surface area contributed by atoms with Gasteiger partial charge in [0, 0.05) is 0 Å². The van der Waals surface area contributed by atoms with Gasteiger partial charge in [-0.3, -0.25) is 0 Å². The Morgan fingerprint density at radius 2 is 2.78 bits per heavy atom. The first kappa shape index (κ1) is 6.01. The summed E-state index contributed by atoms with van der Waals surface area (Å²) < 4.78 is 0. The van der Waals surface area contributed by atoms with Crippen LogP contribution in [0.2, 0.25) is 0 Å². The number of nitrogens with zero attached hydrogens (tertiary/aromatic N) is 1. The predicted molar refractivity (Wildman–Crippen MR) is 29.9 cm³/mol. The normalized spacial score (nSPS) is 24.1. The van der Waals surface area contributed by atoms with Crippen LogP contribution in [0.4, 0.5) is 0 Å². The van der Waals surface area contributed by atoms with Gasteiger partial charge in [-0.15, -0.1) is 5.48 Å². The summed E-state index contributed by atoms with van der Waals surface area (Å²) >= 11 is 0. The molecule has 1 unspecified atom stereocenters. The highest BCUT2D eigenvalue weighted by Gasteiger charge is 2.10. The number of aliphatic imine (C=N–C) groups is 1. The van der Waals surface area contributed by atoms with Crippen LogP contribution in [0.3, 0.4) is 0 Å². The van der Waals surface area contributed by atoms with Crippen molar-refractivity contribution < 1.29 is 9.63 Å². The smallest absolute Gasteiger partial charge is 0.237 e. The molecule has 0 fully saturated rings. The molecule has 0 aromatic rings. The van der Waals surface area contributed by atoms with Crippen molar-refractivity contribution in [3.63, 3.8) is 0 Å². The lowest BCUT2D eigenvalue weighted by Crippen LogP contribution is -2.17. The van der Waals surface area contributed by atoms with E-state index < -0.39 is 0 Å². The van der Waals surface area contributed by atoms with E-state index in [4.69, 9.17) is 4.84 Å². The highest BCUT2D eigenvalue weighted by molar-refractivity contribution is 5.34. The summed E-state index contributed by atoms with van der Waals surface area (Å²) in [5, 5.41) is 0. The summed E-state index contributed by atoms with van der Waals surface area (Å²) in [6, 6.07) is 0. The largest absolute Gasteiger partial charge is 0.411 e. The minimum absolute atomic E-state index is 0.345. The van der Waals surface area contributed by atoms with Crippen molar-refractivity contribution in [2.75, 3.05) is 0 Å². The lowest BCUT2D eigenvalue weighted by molar-refractivity contribution is 0.119. The standard InChI is InChI=1S/C5H6N2O2/c1-4-2-5(6-3-8)7-9-4/h2,5,7H,1H3. The molecular formula is C5H6N2O2. The molecule has 9 heavy (non-hydrogen) atoms. The molecule has 0 saturated carbocycles. The van der Waals surface area contributed by atoms with E-state index in [-0.39, 0.29) is 6.17 Å². The van der Waals surface area contributed by atoms with Gasteiger partial charge in [-0.2, -0.15) is 4.99 Å². The Kier molecular flexibility index (Phi) is 1.63. The van der Waals surface area contributed by atoms with Crippen molar-refractivity contribution in [2.24, 2.45) is 4.99 Å². The molecule has 0 saturated heterocycles. The Morgan fingerprint density at radius 1 is 2.00 bits per heavy atom. The van der Waals surface area contributed by atoms with Gasteiger partial charge in [-0.25, -0.2) is 4.79 Å². The molecule has 4 nitrogen and oxygen atoms in total. The number of nitrogens with one attached hydrogen (secondary N) is 1. The molecule has 1 aliphatic heterocycles. The van der Waals surface area contributed by atoms with Gasteiger partial charge < -0.3 is 4.84 Å². The van der Waals surface area contributed by atoms with Crippen LogP contribution in [-0.4, -0.2) is 12.2 Å². The first-order valence-electron chi connectivity index (χ1n) is 2.50. The van der Waals surface area contributed by atoms with Gasteiger partial charge in [0.25, 0.3) is 0 Å². The first-order valence-corrected chi connectivity index (χ1v) is 2.50. The zero-order valence-electron chi connectivity index (χ0n) is 4.92. The molecule has 1 atom stereocenters. The van der Waals surface area contributed by atoms with Gasteiger partial charge in [0.1, 0.15) is 5.76 Å². The molecule has 48 valence electrons. The fraction of sp³-hybridized carbons (Fsp3) is 0.400. The number of rotatable bonds is 1. The molecule has 4 heteroatoms. The molecule has 1 rings (SSSR count). The van der Waals surface area contributed by atoms with E-state index in [1.165, 1.54) is 6.08 Å². The molecular weight excluding hydrogens is 120 g/mol. The fourth-order valence-electron chi connectivity index (χ4n) is 0.564. The van der Waals surface area contributed by atoms with Gasteiger partial charge in [0.05, 0.1) is 0 Å². The summed E-state index contributed by atoms with van der Waals surface area (Å²) in [4.78, 5) is 17.8. The van der Waals surface area contributed by atoms with Crippen LogP contribution in [0.15, 0.2) is 16.8 Å². The van der Waals surface area contributed by atoms with Crippen LogP contribution >= 0.6 is 0 Å². The quantitative estimate of drug-likeness (QED) is 0.400. The number of allylic oxidation sites excluding steroid dienone is 1. The second kappa shape index (κ2) is 2.44. The Balaban J connectivity index is 2.57. The third-order valence-electron chi connectivity index (χ3n) is 0.925. The highest BCUT2D eigenvalue weighted by Crippen LogP contribution is 2.04. The Bertz CT molecular complexity index is 181. The molecule has 0 spiro atoms. The van der Waals surface area contributed by atoms with Crippen LogP contribution in [0.1, 0.15) is 6.92 Å². The maximum absolute atomic E-state index is 9.65. The summed E-state index contributed by atoms with van der Waals surface area (Å²) in [6.07, 6.45) is 2.76.